The third kappa shape index (κ3) is 3.98. The van der Waals surface area contributed by atoms with Crippen molar-refractivity contribution in [3.8, 4) is 5.75 Å². The molecular formula is C21H26N2O3. The lowest BCUT2D eigenvalue weighted by Gasteiger charge is -2.26. The normalized spacial score (nSPS) is 14.9. The van der Waals surface area contributed by atoms with E-state index in [9.17, 15) is 9.59 Å². The molecule has 0 radical (unpaired) electrons. The van der Waals surface area contributed by atoms with Gasteiger partial charge in [-0.1, -0.05) is 19.3 Å². The van der Waals surface area contributed by atoms with E-state index >= 15 is 0 Å². The molecule has 1 heterocycles. The number of aryl methyl sites for hydroxylation is 1. The molecular weight excluding hydrogens is 328 g/mol. The molecule has 5 nitrogen and oxygen atoms in total. The summed E-state index contributed by atoms with van der Waals surface area (Å²) in [6, 6.07) is 9.22. The fourth-order valence-electron chi connectivity index (χ4n) is 3.86. The van der Waals surface area contributed by atoms with Gasteiger partial charge in [0, 0.05) is 30.0 Å². The van der Waals surface area contributed by atoms with Gasteiger partial charge in [0.15, 0.2) is 0 Å². The van der Waals surface area contributed by atoms with Gasteiger partial charge in [-0.05, 0) is 57.0 Å². The van der Waals surface area contributed by atoms with Crippen LogP contribution in [0.2, 0.25) is 0 Å². The molecule has 1 aromatic carbocycles. The summed E-state index contributed by atoms with van der Waals surface area (Å²) >= 11 is 0. The van der Waals surface area contributed by atoms with Crippen LogP contribution >= 0.6 is 0 Å². The van der Waals surface area contributed by atoms with E-state index in [0.29, 0.717) is 23.0 Å². The van der Waals surface area contributed by atoms with Crippen molar-refractivity contribution in [2.75, 3.05) is 5.32 Å². The highest BCUT2D eigenvalue weighted by atomic mass is 16.5. The van der Waals surface area contributed by atoms with Crippen molar-refractivity contribution in [3.63, 3.8) is 0 Å². The minimum atomic E-state index is -0.340. The van der Waals surface area contributed by atoms with Crippen LogP contribution in [0.1, 0.15) is 66.8 Å². The predicted molar refractivity (Wildman–Crippen MR) is 102 cm³/mol. The van der Waals surface area contributed by atoms with Crippen LogP contribution in [-0.2, 0) is 4.79 Å². The minimum Gasteiger partial charge on any atom is -0.423 e. The maximum atomic E-state index is 12.6. The topological polar surface area (TPSA) is 60.3 Å². The summed E-state index contributed by atoms with van der Waals surface area (Å²) in [6.45, 7) is 5.51. The average Bonchev–Trinajstić information content (AvgIpc) is 2.91. The van der Waals surface area contributed by atoms with Gasteiger partial charge < -0.3 is 14.6 Å². The fourth-order valence-corrected chi connectivity index (χ4v) is 3.86. The van der Waals surface area contributed by atoms with Crippen molar-refractivity contribution < 1.29 is 14.3 Å². The molecule has 1 aliphatic carbocycles. The number of nitrogens with one attached hydrogen (secondary N) is 1. The second-order valence-electron chi connectivity index (χ2n) is 7.04. The molecule has 0 aliphatic heterocycles. The molecule has 0 bridgehead atoms. The van der Waals surface area contributed by atoms with Crippen molar-refractivity contribution in [2.24, 2.45) is 0 Å². The first-order chi connectivity index (χ1) is 12.5. The Kier molecular flexibility index (Phi) is 5.45. The van der Waals surface area contributed by atoms with Gasteiger partial charge in [-0.15, -0.1) is 0 Å². The van der Waals surface area contributed by atoms with Crippen LogP contribution in [0.15, 0.2) is 30.3 Å². The number of aromatic nitrogens is 1. The molecule has 0 saturated heterocycles. The number of carbonyl (C=O) groups excluding carboxylic acids is 2. The number of carbonyl (C=O) groups is 2. The Balaban J connectivity index is 1.74. The van der Waals surface area contributed by atoms with Crippen LogP contribution in [0, 0.1) is 13.8 Å². The quantitative estimate of drug-likeness (QED) is 0.634. The Labute approximate surface area is 154 Å². The van der Waals surface area contributed by atoms with Gasteiger partial charge in [0.1, 0.15) is 5.75 Å². The maximum absolute atomic E-state index is 12.6. The lowest BCUT2D eigenvalue weighted by molar-refractivity contribution is -0.114. The van der Waals surface area contributed by atoms with Crippen LogP contribution in [0.4, 0.5) is 5.69 Å². The van der Waals surface area contributed by atoms with Crippen molar-refractivity contribution in [3.05, 3.63) is 47.3 Å². The summed E-state index contributed by atoms with van der Waals surface area (Å²) in [5.41, 5.74) is 3.39. The summed E-state index contributed by atoms with van der Waals surface area (Å²) in [6.07, 6.45) is 6.16. The average molecular weight is 354 g/mol. The van der Waals surface area contributed by atoms with Crippen LogP contribution in [0.5, 0.6) is 5.75 Å². The molecule has 1 N–H and O–H groups in total. The molecule has 0 spiro atoms. The first kappa shape index (κ1) is 18.2. The summed E-state index contributed by atoms with van der Waals surface area (Å²) in [4.78, 5) is 23.7. The predicted octanol–water partition coefficient (Wildman–Crippen LogP) is 4.79. The summed E-state index contributed by atoms with van der Waals surface area (Å²) in [5.74, 6) is -0.0103. The van der Waals surface area contributed by atoms with Gasteiger partial charge in [0.2, 0.25) is 5.91 Å². The van der Waals surface area contributed by atoms with E-state index in [0.717, 1.165) is 11.4 Å². The van der Waals surface area contributed by atoms with Crippen molar-refractivity contribution in [1.82, 2.24) is 4.57 Å². The number of hydrogen-bond donors (Lipinski definition) is 1. The van der Waals surface area contributed by atoms with Gasteiger partial charge in [-0.2, -0.15) is 0 Å². The van der Waals surface area contributed by atoms with Gasteiger partial charge in [-0.25, -0.2) is 4.79 Å². The molecule has 0 unspecified atom stereocenters. The van der Waals surface area contributed by atoms with Gasteiger partial charge in [0.05, 0.1) is 5.56 Å². The fraction of sp³-hybridized carbons (Fsp3) is 0.429. The second-order valence-corrected chi connectivity index (χ2v) is 7.04. The smallest absolute Gasteiger partial charge is 0.345 e. The SMILES string of the molecule is CC(=O)Nc1ccc(OC(=O)c2cc(C)n(C3CCCCC3)c2C)cc1. The maximum Gasteiger partial charge on any atom is 0.345 e. The van der Waals surface area contributed by atoms with Crippen LogP contribution in [-0.4, -0.2) is 16.4 Å². The molecule has 0 atom stereocenters. The number of ether oxygens (including phenoxy) is 1. The molecule has 5 heteroatoms. The van der Waals surface area contributed by atoms with Gasteiger partial charge >= 0.3 is 5.97 Å². The molecule has 3 rings (SSSR count). The van der Waals surface area contributed by atoms with Crippen molar-refractivity contribution >= 4 is 17.6 Å². The second kappa shape index (κ2) is 7.77. The standard InChI is InChI=1S/C21H26N2O3/c1-14-13-20(15(2)23(14)18-7-5-4-6-8-18)21(25)26-19-11-9-17(10-12-19)22-16(3)24/h9-13,18H,4-8H2,1-3H3,(H,22,24). The van der Waals surface area contributed by atoms with E-state index in [4.69, 9.17) is 4.74 Å². The van der Waals surface area contributed by atoms with E-state index in [1.54, 1.807) is 24.3 Å². The summed E-state index contributed by atoms with van der Waals surface area (Å²) < 4.78 is 7.83. The Morgan fingerprint density at radius 2 is 1.73 bits per heavy atom. The monoisotopic (exact) mass is 354 g/mol. The molecule has 1 fully saturated rings. The largest absolute Gasteiger partial charge is 0.423 e. The molecule has 138 valence electrons. The van der Waals surface area contributed by atoms with E-state index in [2.05, 4.69) is 16.8 Å². The zero-order valence-electron chi connectivity index (χ0n) is 15.7. The van der Waals surface area contributed by atoms with Crippen molar-refractivity contribution in [1.29, 1.82) is 0 Å². The molecule has 2 aromatic rings. The number of nitrogens with zero attached hydrogens (tertiary/aromatic N) is 1. The first-order valence-electron chi connectivity index (χ1n) is 9.24. The number of esters is 1. The van der Waals surface area contributed by atoms with E-state index < -0.39 is 0 Å². The third-order valence-corrected chi connectivity index (χ3v) is 5.03. The first-order valence-corrected chi connectivity index (χ1v) is 9.24. The zero-order chi connectivity index (χ0) is 18.7. The Morgan fingerprint density at radius 3 is 2.35 bits per heavy atom. The molecule has 1 saturated carbocycles. The van der Waals surface area contributed by atoms with E-state index in [1.165, 1.54) is 39.0 Å². The highest BCUT2D eigenvalue weighted by Gasteiger charge is 2.23. The number of rotatable bonds is 4. The molecule has 1 aromatic heterocycles. The minimum absolute atomic E-state index is 0.134. The highest BCUT2D eigenvalue weighted by Crippen LogP contribution is 2.32. The molecule has 1 amide bonds. The van der Waals surface area contributed by atoms with Crippen molar-refractivity contribution in [2.45, 2.75) is 58.9 Å². The molecule has 26 heavy (non-hydrogen) atoms. The Bertz CT molecular complexity index is 799. The highest BCUT2D eigenvalue weighted by molar-refractivity contribution is 5.93. The Hall–Kier alpha value is -2.56. The third-order valence-electron chi connectivity index (χ3n) is 5.03. The lowest BCUT2D eigenvalue weighted by Crippen LogP contribution is -2.16. The van der Waals surface area contributed by atoms with Crippen LogP contribution < -0.4 is 10.1 Å². The lowest BCUT2D eigenvalue weighted by atomic mass is 9.95. The van der Waals surface area contributed by atoms with Gasteiger partial charge in [0.25, 0.3) is 0 Å². The van der Waals surface area contributed by atoms with Gasteiger partial charge in [-0.3, -0.25) is 4.79 Å². The van der Waals surface area contributed by atoms with Crippen LogP contribution in [0.3, 0.4) is 0 Å². The zero-order valence-corrected chi connectivity index (χ0v) is 15.7. The number of benzene rings is 1. The number of hydrogen-bond acceptors (Lipinski definition) is 3. The van der Waals surface area contributed by atoms with E-state index in [-0.39, 0.29) is 11.9 Å². The number of amides is 1. The molecule has 1 aliphatic rings. The Morgan fingerprint density at radius 1 is 1.08 bits per heavy atom. The summed E-state index contributed by atoms with van der Waals surface area (Å²) in [7, 11) is 0. The van der Waals surface area contributed by atoms with Crippen LogP contribution in [0.25, 0.3) is 0 Å². The number of anilines is 1. The van der Waals surface area contributed by atoms with E-state index in [1.807, 2.05) is 13.0 Å². The summed E-state index contributed by atoms with van der Waals surface area (Å²) in [5, 5.41) is 2.69.